The molecule has 7 heteroatoms. The van der Waals surface area contributed by atoms with Crippen LogP contribution in [-0.4, -0.2) is 45.5 Å². The third kappa shape index (κ3) is 2.77. The molecule has 0 bridgehead atoms. The Morgan fingerprint density at radius 2 is 2.11 bits per heavy atom. The lowest BCUT2D eigenvalue weighted by molar-refractivity contribution is -0.126. The molecule has 27 heavy (non-hydrogen) atoms. The van der Waals surface area contributed by atoms with E-state index in [2.05, 4.69) is 9.88 Å². The number of fused-ring (bicyclic) bond motifs is 3. The van der Waals surface area contributed by atoms with Gasteiger partial charge >= 0.3 is 0 Å². The molecule has 3 aromatic heterocycles. The van der Waals surface area contributed by atoms with Gasteiger partial charge in [-0.25, -0.2) is 9.97 Å². The second kappa shape index (κ2) is 6.56. The summed E-state index contributed by atoms with van der Waals surface area (Å²) >= 11 is 1.79. The highest BCUT2D eigenvalue weighted by atomic mass is 32.1. The molecule has 138 valence electrons. The van der Waals surface area contributed by atoms with Gasteiger partial charge in [-0.1, -0.05) is 0 Å². The minimum absolute atomic E-state index is 0.163. The lowest BCUT2D eigenvalue weighted by Gasteiger charge is -2.20. The number of likely N-dealkylation sites (N-methyl/N-ethyl adjacent to an activating group) is 1. The number of carbonyl (C=O) groups is 1. The van der Waals surface area contributed by atoms with E-state index in [1.165, 1.54) is 23.3 Å². The molecule has 6 nitrogen and oxygen atoms in total. The summed E-state index contributed by atoms with van der Waals surface area (Å²) in [6.07, 6.45) is 8.21. The molecule has 4 heterocycles. The first-order valence-corrected chi connectivity index (χ1v) is 10.3. The lowest BCUT2D eigenvalue weighted by atomic mass is 9.97. The Hall–Kier alpha value is -2.54. The summed E-state index contributed by atoms with van der Waals surface area (Å²) in [7, 11) is 0. The summed E-state index contributed by atoms with van der Waals surface area (Å²) < 4.78 is 0. The summed E-state index contributed by atoms with van der Waals surface area (Å²) in [5, 5.41) is 1.16. The van der Waals surface area contributed by atoms with Gasteiger partial charge in [-0.3, -0.25) is 9.78 Å². The van der Waals surface area contributed by atoms with Crippen LogP contribution in [0.2, 0.25) is 0 Å². The molecule has 1 amide bonds. The minimum Gasteiger partial charge on any atom is -0.329 e. The normalized spacial score (nSPS) is 17.0. The third-order valence-corrected chi connectivity index (χ3v) is 6.60. The van der Waals surface area contributed by atoms with Gasteiger partial charge in [0.15, 0.2) is 5.82 Å². The van der Waals surface area contributed by atoms with E-state index < -0.39 is 0 Å². The van der Waals surface area contributed by atoms with Crippen molar-refractivity contribution < 1.29 is 4.79 Å². The largest absolute Gasteiger partial charge is 0.329 e. The van der Waals surface area contributed by atoms with Crippen molar-refractivity contribution in [1.82, 2.24) is 19.9 Å². The van der Waals surface area contributed by atoms with Gasteiger partial charge in [0.1, 0.15) is 17.2 Å². The molecule has 0 unspecified atom stereocenters. The summed E-state index contributed by atoms with van der Waals surface area (Å²) in [6, 6.07) is 3.89. The van der Waals surface area contributed by atoms with Gasteiger partial charge in [-0.05, 0) is 50.3 Å². The van der Waals surface area contributed by atoms with Crippen molar-refractivity contribution in [1.29, 1.82) is 0 Å². The van der Waals surface area contributed by atoms with E-state index in [0.717, 1.165) is 41.0 Å². The lowest BCUT2D eigenvalue weighted by Crippen LogP contribution is -2.27. The van der Waals surface area contributed by atoms with Gasteiger partial charge in [0, 0.05) is 29.4 Å². The minimum atomic E-state index is 0.163. The predicted molar refractivity (Wildman–Crippen MR) is 107 cm³/mol. The molecule has 1 aliphatic heterocycles. The van der Waals surface area contributed by atoms with E-state index in [4.69, 9.17) is 9.97 Å². The number of thiophene rings is 1. The predicted octanol–water partition coefficient (Wildman–Crippen LogP) is 3.26. The van der Waals surface area contributed by atoms with Gasteiger partial charge in [0.05, 0.1) is 12.1 Å². The highest BCUT2D eigenvalue weighted by Gasteiger charge is 2.31. The number of carbonyl (C=O) groups excluding carboxylic acids is 1. The summed E-state index contributed by atoms with van der Waals surface area (Å²) in [5.41, 5.74) is 2.31. The van der Waals surface area contributed by atoms with Gasteiger partial charge < -0.3 is 9.80 Å². The van der Waals surface area contributed by atoms with Crippen molar-refractivity contribution in [2.45, 2.75) is 32.6 Å². The number of hydrogen-bond acceptors (Lipinski definition) is 6. The molecular formula is C20H21N5OS. The Balaban J connectivity index is 1.71. The third-order valence-electron chi connectivity index (χ3n) is 5.42. The van der Waals surface area contributed by atoms with E-state index in [-0.39, 0.29) is 5.91 Å². The Morgan fingerprint density at radius 3 is 2.89 bits per heavy atom. The van der Waals surface area contributed by atoms with Crippen LogP contribution in [0.3, 0.4) is 0 Å². The molecule has 0 aromatic carbocycles. The second-order valence-electron chi connectivity index (χ2n) is 7.09. The number of aromatic nitrogens is 3. The van der Waals surface area contributed by atoms with E-state index >= 15 is 0 Å². The zero-order valence-electron chi connectivity index (χ0n) is 15.3. The smallest absolute Gasteiger partial charge is 0.243 e. The molecule has 0 N–H and O–H groups in total. The average Bonchev–Trinajstić information content (AvgIpc) is 3.27. The molecule has 1 saturated heterocycles. The van der Waals surface area contributed by atoms with Gasteiger partial charge in [-0.2, -0.15) is 0 Å². The van der Waals surface area contributed by atoms with Crippen LogP contribution in [0.5, 0.6) is 0 Å². The summed E-state index contributed by atoms with van der Waals surface area (Å²) in [4.78, 5) is 32.8. The average molecular weight is 379 g/mol. The van der Waals surface area contributed by atoms with Crippen molar-refractivity contribution in [3.63, 3.8) is 0 Å². The number of rotatable bonds is 3. The number of anilines is 1. The van der Waals surface area contributed by atoms with E-state index in [9.17, 15) is 4.79 Å². The molecule has 2 aliphatic rings. The first-order valence-electron chi connectivity index (χ1n) is 9.50. The molecule has 1 fully saturated rings. The zero-order chi connectivity index (χ0) is 18.4. The maximum absolute atomic E-state index is 12.3. The number of hydrogen-bond donors (Lipinski definition) is 0. The fourth-order valence-electron chi connectivity index (χ4n) is 4.01. The van der Waals surface area contributed by atoms with Crippen LogP contribution in [-0.2, 0) is 17.6 Å². The second-order valence-corrected chi connectivity index (χ2v) is 8.18. The van der Waals surface area contributed by atoms with Crippen LogP contribution in [0, 0.1) is 0 Å². The monoisotopic (exact) mass is 379 g/mol. The van der Waals surface area contributed by atoms with Crippen LogP contribution in [0.4, 0.5) is 5.82 Å². The number of nitrogens with zero attached hydrogens (tertiary/aromatic N) is 5. The highest BCUT2D eigenvalue weighted by molar-refractivity contribution is 7.19. The quantitative estimate of drug-likeness (QED) is 0.699. The molecule has 0 saturated carbocycles. The van der Waals surface area contributed by atoms with Crippen LogP contribution in [0.15, 0.2) is 24.5 Å². The topological polar surface area (TPSA) is 62.2 Å². The Kier molecular flexibility index (Phi) is 4.04. The molecule has 5 rings (SSSR count). The fraction of sp³-hybridized carbons (Fsp3) is 0.400. The van der Waals surface area contributed by atoms with Gasteiger partial charge in [-0.15, -0.1) is 11.3 Å². The van der Waals surface area contributed by atoms with Crippen LogP contribution in [0.25, 0.3) is 21.6 Å². The van der Waals surface area contributed by atoms with Crippen molar-refractivity contribution in [2.75, 3.05) is 24.7 Å². The summed E-state index contributed by atoms with van der Waals surface area (Å²) in [6.45, 7) is 3.72. The highest BCUT2D eigenvalue weighted by Crippen LogP contribution is 2.41. The zero-order valence-corrected chi connectivity index (χ0v) is 16.1. The van der Waals surface area contributed by atoms with E-state index in [1.807, 2.05) is 24.0 Å². The van der Waals surface area contributed by atoms with Crippen LogP contribution >= 0.6 is 11.3 Å². The first-order chi connectivity index (χ1) is 13.2. The van der Waals surface area contributed by atoms with Crippen molar-refractivity contribution in [3.05, 3.63) is 35.0 Å². The number of pyridine rings is 1. The molecule has 0 spiro atoms. The maximum atomic E-state index is 12.3. The standard InChI is InChI=1S/C20H21N5OS/c1-2-24-12-25(11-16(24)26)19-17-14-7-3-4-8-15(14)27-20(17)23-18(22-19)13-6-5-9-21-10-13/h5-6,9-10H,2-4,7-8,11-12H2,1H3. The van der Waals surface area contributed by atoms with Crippen molar-refractivity contribution >= 4 is 33.3 Å². The maximum Gasteiger partial charge on any atom is 0.243 e. The molecule has 3 aromatic rings. The number of amides is 1. The Bertz CT molecular complexity index is 1020. The number of aryl methyl sites for hydroxylation is 2. The molecule has 1 aliphatic carbocycles. The van der Waals surface area contributed by atoms with Crippen LogP contribution < -0.4 is 4.90 Å². The van der Waals surface area contributed by atoms with Crippen molar-refractivity contribution in [2.24, 2.45) is 0 Å². The SMILES string of the molecule is CCN1CN(c2nc(-c3cccnc3)nc3sc4c(c23)CCCC4)CC1=O. The van der Waals surface area contributed by atoms with E-state index in [0.29, 0.717) is 19.0 Å². The van der Waals surface area contributed by atoms with Crippen molar-refractivity contribution in [3.8, 4) is 11.4 Å². The molecule has 0 radical (unpaired) electrons. The molecular weight excluding hydrogens is 358 g/mol. The van der Waals surface area contributed by atoms with Crippen LogP contribution in [0.1, 0.15) is 30.2 Å². The van der Waals surface area contributed by atoms with Gasteiger partial charge in [0.25, 0.3) is 0 Å². The van der Waals surface area contributed by atoms with Gasteiger partial charge in [0.2, 0.25) is 5.91 Å². The summed E-state index contributed by atoms with van der Waals surface area (Å²) in [5.74, 6) is 1.76. The Labute approximate surface area is 161 Å². The van der Waals surface area contributed by atoms with E-state index in [1.54, 1.807) is 23.7 Å². The molecule has 0 atom stereocenters. The first kappa shape index (κ1) is 16.6. The Morgan fingerprint density at radius 1 is 1.22 bits per heavy atom. The fourth-order valence-corrected chi connectivity index (χ4v) is 5.26.